The molecule has 0 aliphatic rings. The minimum absolute atomic E-state index is 0.0544. The smallest absolute Gasteiger partial charge is 0.210 e. The highest BCUT2D eigenvalue weighted by atomic mass is 35.5. The first-order valence-electron chi connectivity index (χ1n) is 4.61. The van der Waals surface area contributed by atoms with Crippen molar-refractivity contribution >= 4 is 11.6 Å². The van der Waals surface area contributed by atoms with Crippen LogP contribution in [0.2, 0.25) is 5.02 Å². The maximum Gasteiger partial charge on any atom is 0.210 e. The van der Waals surface area contributed by atoms with E-state index >= 15 is 0 Å². The summed E-state index contributed by atoms with van der Waals surface area (Å²) in [5, 5.41) is 19.8. The van der Waals surface area contributed by atoms with Gasteiger partial charge < -0.3 is 5.11 Å². The molecule has 0 aliphatic carbocycles. The summed E-state index contributed by atoms with van der Waals surface area (Å²) in [6.45, 7) is -0.219. The fourth-order valence-electron chi connectivity index (χ4n) is 1.43. The van der Waals surface area contributed by atoms with Gasteiger partial charge in [0.1, 0.15) is 0 Å². The Morgan fingerprint density at radius 1 is 1.40 bits per heavy atom. The second-order valence-corrected chi connectivity index (χ2v) is 3.71. The van der Waals surface area contributed by atoms with Gasteiger partial charge in [0, 0.05) is 16.6 Å². The number of halogens is 1. The molecule has 0 saturated carbocycles. The minimum atomic E-state index is -0.366. The molecule has 1 atom stereocenters. The monoisotopic (exact) mass is 229 g/mol. The number of hydrogen-bond acceptors (Lipinski definition) is 3. The number of nitro groups is 1. The first kappa shape index (κ1) is 11.9. The predicted octanol–water partition coefficient (Wildman–Crippen LogP) is 2.08. The van der Waals surface area contributed by atoms with E-state index in [9.17, 15) is 10.1 Å². The second-order valence-electron chi connectivity index (χ2n) is 3.28. The van der Waals surface area contributed by atoms with Gasteiger partial charge in [-0.25, -0.2) is 0 Å². The molecule has 0 radical (unpaired) electrons. The molecule has 4 nitrogen and oxygen atoms in total. The molecule has 82 valence electrons. The summed E-state index contributed by atoms with van der Waals surface area (Å²) in [6.07, 6.45) is 0.391. The van der Waals surface area contributed by atoms with E-state index in [-0.39, 0.29) is 24.0 Å². The van der Waals surface area contributed by atoms with Gasteiger partial charge in [0.15, 0.2) is 0 Å². The molecule has 0 spiro atoms. The molecule has 0 aliphatic heterocycles. The van der Waals surface area contributed by atoms with Gasteiger partial charge in [0.05, 0.1) is 5.92 Å². The van der Waals surface area contributed by atoms with Crippen molar-refractivity contribution in [2.75, 3.05) is 13.2 Å². The zero-order valence-corrected chi connectivity index (χ0v) is 8.85. The molecule has 0 bridgehead atoms. The summed E-state index contributed by atoms with van der Waals surface area (Å²) in [4.78, 5) is 10.1. The molecule has 1 aromatic carbocycles. The molecular weight excluding hydrogens is 218 g/mol. The Hall–Kier alpha value is -1.13. The van der Waals surface area contributed by atoms with E-state index in [1.807, 2.05) is 0 Å². The Bertz CT molecular complexity index is 326. The van der Waals surface area contributed by atoms with Crippen LogP contribution in [0.1, 0.15) is 17.9 Å². The SMILES string of the molecule is O=[N+]([O-])C[C@@H](CCO)c1ccc(Cl)cc1. The average Bonchev–Trinajstić information content (AvgIpc) is 2.17. The molecule has 0 fully saturated rings. The lowest BCUT2D eigenvalue weighted by Crippen LogP contribution is -2.13. The summed E-state index contributed by atoms with van der Waals surface area (Å²) >= 11 is 5.72. The van der Waals surface area contributed by atoms with Crippen molar-refractivity contribution in [2.45, 2.75) is 12.3 Å². The Morgan fingerprint density at radius 2 is 2.00 bits per heavy atom. The Balaban J connectivity index is 2.78. The lowest BCUT2D eigenvalue weighted by atomic mass is 9.96. The predicted molar refractivity (Wildman–Crippen MR) is 57.8 cm³/mol. The average molecular weight is 230 g/mol. The van der Waals surface area contributed by atoms with Crippen LogP contribution in [0, 0.1) is 10.1 Å². The van der Waals surface area contributed by atoms with Gasteiger partial charge in [0.25, 0.3) is 0 Å². The molecular formula is C10H12ClNO3. The summed E-state index contributed by atoms with van der Waals surface area (Å²) in [6, 6.07) is 6.90. The van der Waals surface area contributed by atoms with E-state index in [1.165, 1.54) is 0 Å². The van der Waals surface area contributed by atoms with Crippen LogP contribution >= 0.6 is 11.6 Å². The van der Waals surface area contributed by atoms with Crippen molar-refractivity contribution in [1.82, 2.24) is 0 Å². The van der Waals surface area contributed by atoms with Crippen molar-refractivity contribution < 1.29 is 10.0 Å². The minimum Gasteiger partial charge on any atom is -0.396 e. The maximum absolute atomic E-state index is 10.4. The highest BCUT2D eigenvalue weighted by molar-refractivity contribution is 6.30. The van der Waals surface area contributed by atoms with Crippen molar-refractivity contribution in [1.29, 1.82) is 0 Å². The van der Waals surface area contributed by atoms with E-state index in [2.05, 4.69) is 0 Å². The Kier molecular flexibility index (Phi) is 4.52. The van der Waals surface area contributed by atoms with Crippen LogP contribution in [0.4, 0.5) is 0 Å². The van der Waals surface area contributed by atoms with E-state index in [1.54, 1.807) is 24.3 Å². The molecule has 0 amide bonds. The largest absolute Gasteiger partial charge is 0.396 e. The number of hydrogen-bond donors (Lipinski definition) is 1. The molecule has 1 N–H and O–H groups in total. The van der Waals surface area contributed by atoms with Crippen LogP contribution in [-0.4, -0.2) is 23.2 Å². The van der Waals surface area contributed by atoms with Gasteiger partial charge in [-0.05, 0) is 24.1 Å². The highest BCUT2D eigenvalue weighted by Gasteiger charge is 2.16. The van der Waals surface area contributed by atoms with Crippen LogP contribution in [0.15, 0.2) is 24.3 Å². The topological polar surface area (TPSA) is 63.4 Å². The molecule has 15 heavy (non-hydrogen) atoms. The van der Waals surface area contributed by atoms with E-state index < -0.39 is 0 Å². The van der Waals surface area contributed by atoms with E-state index in [0.717, 1.165) is 5.56 Å². The van der Waals surface area contributed by atoms with Crippen LogP contribution in [0.25, 0.3) is 0 Å². The second kappa shape index (κ2) is 5.68. The molecule has 5 heteroatoms. The maximum atomic E-state index is 10.4. The first-order valence-corrected chi connectivity index (χ1v) is 4.99. The van der Waals surface area contributed by atoms with Gasteiger partial charge in [-0.3, -0.25) is 10.1 Å². The van der Waals surface area contributed by atoms with Gasteiger partial charge in [-0.1, -0.05) is 23.7 Å². The Labute approximate surface area is 92.6 Å². The normalized spacial score (nSPS) is 12.4. The third-order valence-electron chi connectivity index (χ3n) is 2.19. The standard InChI is InChI=1S/C10H12ClNO3/c11-10-3-1-8(2-4-10)9(5-6-13)7-12(14)15/h1-4,9,13H,5-7H2/t9-/m1/s1. The van der Waals surface area contributed by atoms with Gasteiger partial charge in [-0.2, -0.15) is 0 Å². The number of nitrogens with zero attached hydrogens (tertiary/aromatic N) is 1. The van der Waals surface area contributed by atoms with Crippen LogP contribution in [0.5, 0.6) is 0 Å². The van der Waals surface area contributed by atoms with Gasteiger partial charge >= 0.3 is 0 Å². The third-order valence-corrected chi connectivity index (χ3v) is 2.44. The van der Waals surface area contributed by atoms with Crippen LogP contribution in [0.3, 0.4) is 0 Å². The number of rotatable bonds is 5. The lowest BCUT2D eigenvalue weighted by molar-refractivity contribution is -0.483. The summed E-state index contributed by atoms with van der Waals surface area (Å²) in [5.74, 6) is -0.248. The molecule has 1 rings (SSSR count). The van der Waals surface area contributed by atoms with E-state index in [4.69, 9.17) is 16.7 Å². The number of aliphatic hydroxyl groups excluding tert-OH is 1. The third kappa shape index (κ3) is 3.85. The lowest BCUT2D eigenvalue weighted by Gasteiger charge is -2.11. The number of aliphatic hydroxyl groups is 1. The quantitative estimate of drug-likeness (QED) is 0.621. The molecule has 0 saturated heterocycles. The zero-order valence-electron chi connectivity index (χ0n) is 8.10. The highest BCUT2D eigenvalue weighted by Crippen LogP contribution is 2.21. The van der Waals surface area contributed by atoms with Gasteiger partial charge in [-0.15, -0.1) is 0 Å². The summed E-state index contributed by atoms with van der Waals surface area (Å²) in [5.41, 5.74) is 0.838. The fourth-order valence-corrected chi connectivity index (χ4v) is 1.56. The zero-order chi connectivity index (χ0) is 11.3. The van der Waals surface area contributed by atoms with Crippen molar-refractivity contribution in [3.8, 4) is 0 Å². The molecule has 0 unspecified atom stereocenters. The summed E-state index contributed by atoms with van der Waals surface area (Å²) in [7, 11) is 0. The molecule has 0 heterocycles. The van der Waals surface area contributed by atoms with Gasteiger partial charge in [0.2, 0.25) is 6.54 Å². The Morgan fingerprint density at radius 3 is 2.47 bits per heavy atom. The molecule has 1 aromatic rings. The fraction of sp³-hybridized carbons (Fsp3) is 0.400. The van der Waals surface area contributed by atoms with Crippen molar-refractivity contribution in [2.24, 2.45) is 0 Å². The van der Waals surface area contributed by atoms with Crippen molar-refractivity contribution in [3.05, 3.63) is 45.0 Å². The summed E-state index contributed by atoms with van der Waals surface area (Å²) < 4.78 is 0. The van der Waals surface area contributed by atoms with Crippen LogP contribution in [-0.2, 0) is 0 Å². The number of benzene rings is 1. The van der Waals surface area contributed by atoms with E-state index in [0.29, 0.717) is 11.4 Å². The van der Waals surface area contributed by atoms with Crippen molar-refractivity contribution in [3.63, 3.8) is 0 Å². The molecule has 0 aromatic heterocycles. The first-order chi connectivity index (χ1) is 7.13. The van der Waals surface area contributed by atoms with Crippen LogP contribution < -0.4 is 0 Å².